The number of hydrogen-bond acceptors (Lipinski definition) is 30. The van der Waals surface area contributed by atoms with E-state index >= 15 is 4.79 Å². The van der Waals surface area contributed by atoms with E-state index in [0.29, 0.717) is 37.0 Å². The molecule has 11 rings (SSSR count). The molecule has 1 aromatic carbocycles. The summed E-state index contributed by atoms with van der Waals surface area (Å²) >= 11 is 0. The number of hydrogen-bond donors (Lipinski definition) is 16. The zero-order valence-corrected chi connectivity index (χ0v) is 57.3. The summed E-state index contributed by atoms with van der Waals surface area (Å²) < 4.78 is 71.1. The fraction of sp³-hybridized carbons (Fsp3) is 0.812. The van der Waals surface area contributed by atoms with Crippen molar-refractivity contribution in [1.82, 2.24) is 0 Å². The molecule has 16 N–H and O–H groups in total. The van der Waals surface area contributed by atoms with Crippen molar-refractivity contribution in [3.63, 3.8) is 0 Å². The van der Waals surface area contributed by atoms with Crippen molar-refractivity contribution in [1.29, 1.82) is 0 Å². The quantitative estimate of drug-likeness (QED) is 0.0320. The highest BCUT2D eigenvalue weighted by atomic mass is 16.8. The van der Waals surface area contributed by atoms with Crippen LogP contribution < -0.4 is 4.74 Å². The summed E-state index contributed by atoms with van der Waals surface area (Å²) in [4.78, 5) is 43.5. The molecule has 5 aliphatic carbocycles. The molecular formula is C69H102O31. The number of carbonyl (C=O) groups is 3. The standard InChI is InChI=1S/C69H102O31/c1-29-53(97-57-48(81)44(77)38(27-90-57)95-59-49(82)45(78)42(75)36(25-70)93-59)47(80)51(84)58(91-29)98-55-52(85)54(96-41(74)16-11-31-9-12-32(89-8)13-10-31)30(2)92-61(55)100-63(88)68-20-19-64(3,4)23-34(68)33-14-15-39-65(5)24-35(73)56(99-60-50(83)46(79)43(76)37(26-71)94-60)67(7,62(86)87)40(65)17-18-66(39,6)69(33,28-72)22-21-68/h9-14,16,29-30,34-40,42-61,70-73,75-85H,15,17-28H2,1-8H3,(H,86,87)/b16-11-/t29-,30+,34-,35-,36+,37+,38+,39+,40+,42-,43+,44-,45-,46-,47?,48+,49+,50+,51?,52-,53-,54-,55+,56-,57-,58-,59-,60-,61-,65+,66+,67-,68-,69-/m0/s1. The van der Waals surface area contributed by atoms with Crippen molar-refractivity contribution in [3.05, 3.63) is 47.6 Å². The summed E-state index contributed by atoms with van der Waals surface area (Å²) in [5, 5.41) is 177. The van der Waals surface area contributed by atoms with E-state index in [9.17, 15) is 91.3 Å². The molecule has 100 heavy (non-hydrogen) atoms. The molecule has 5 heterocycles. The van der Waals surface area contributed by atoms with Crippen LogP contribution in [0.1, 0.15) is 112 Å². The summed E-state index contributed by atoms with van der Waals surface area (Å²) in [6.45, 7) is 10.1. The number of esters is 2. The second-order valence-electron chi connectivity index (χ2n) is 31.0. The highest BCUT2D eigenvalue weighted by molar-refractivity contribution is 5.87. The van der Waals surface area contributed by atoms with Crippen molar-refractivity contribution in [3.8, 4) is 5.75 Å². The number of aliphatic hydroxyl groups excluding tert-OH is 15. The Morgan fingerprint density at radius 2 is 1.15 bits per heavy atom. The molecule has 31 nitrogen and oxygen atoms in total. The number of carbonyl (C=O) groups excluding carboxylic acids is 2. The molecule has 0 amide bonds. The van der Waals surface area contributed by atoms with E-state index in [0.717, 1.165) is 11.6 Å². The number of carboxylic acids is 1. The SMILES string of the molecule is COc1ccc(/C=C\C(=O)O[C@@H]2[C@H](O)[C@@H](O[C@@H]3O[C@@H](C)[C@H](O[C@@H]4OC[C@@H](O[C@@H]5O[C@H](CO)[C@H](O)[C@H](O)[C@H]5O)[C@H](O)[C@H]4O)C(O)C3O)[C@H](OC(=O)[C@]34CCC(C)(C)C[C@H]3C3=CC[C@@H]5[C@@]6(C)C[C@H](O)[C@H](O[C@@H]7O[C@H](CO)[C@@H](O)[C@H](O)[C@H]7O)[C@@](C)(C(=O)O)[C@@H]6CC[C@@]5(C)[C@]3(CO)CC4)O[C@@H]2C)cc1. The molecule has 34 atom stereocenters. The Morgan fingerprint density at radius 3 is 1.76 bits per heavy atom. The first-order chi connectivity index (χ1) is 47.1. The van der Waals surface area contributed by atoms with Crippen molar-refractivity contribution < 1.29 is 153 Å². The Balaban J connectivity index is 0.845. The van der Waals surface area contributed by atoms with Gasteiger partial charge in [0.1, 0.15) is 103 Å². The molecule has 9 fully saturated rings. The predicted octanol–water partition coefficient (Wildman–Crippen LogP) is -2.24. The minimum atomic E-state index is -2.07. The van der Waals surface area contributed by atoms with Gasteiger partial charge in [-0.1, -0.05) is 51.5 Å². The lowest BCUT2D eigenvalue weighted by molar-refractivity contribution is -0.378. The molecule has 2 unspecified atom stereocenters. The van der Waals surface area contributed by atoms with Crippen LogP contribution in [0.25, 0.3) is 6.08 Å². The minimum Gasteiger partial charge on any atom is -0.497 e. The molecule has 10 aliphatic rings. The summed E-state index contributed by atoms with van der Waals surface area (Å²) in [6, 6.07) is 6.74. The highest BCUT2D eigenvalue weighted by Crippen LogP contribution is 2.76. The van der Waals surface area contributed by atoms with Crippen LogP contribution in [0.3, 0.4) is 0 Å². The van der Waals surface area contributed by atoms with E-state index in [1.54, 1.807) is 24.3 Å². The van der Waals surface area contributed by atoms with Gasteiger partial charge in [-0.3, -0.25) is 9.59 Å². The second kappa shape index (κ2) is 29.4. The number of benzene rings is 1. The smallest absolute Gasteiger partial charge is 0.331 e. The fourth-order valence-electron chi connectivity index (χ4n) is 19.0. The van der Waals surface area contributed by atoms with E-state index in [4.69, 9.17) is 56.8 Å². The molecule has 4 saturated carbocycles. The molecule has 0 spiro atoms. The zero-order chi connectivity index (χ0) is 72.8. The molecule has 5 aliphatic heterocycles. The molecular weight excluding hydrogens is 1320 g/mol. The normalized spacial score (nSPS) is 49.4. The average molecular weight is 1430 g/mol. The number of allylic oxidation sites excluding steroid dienone is 1. The zero-order valence-electron chi connectivity index (χ0n) is 57.3. The Morgan fingerprint density at radius 1 is 0.580 bits per heavy atom. The van der Waals surface area contributed by atoms with Gasteiger partial charge in [0, 0.05) is 11.5 Å². The Hall–Kier alpha value is -4.05. The number of ether oxygens (including phenoxy) is 12. The Kier molecular flexibility index (Phi) is 22.6. The first-order valence-corrected chi connectivity index (χ1v) is 34.6. The maximum absolute atomic E-state index is 15.9. The lowest BCUT2D eigenvalue weighted by Crippen LogP contribution is -2.71. The van der Waals surface area contributed by atoms with Gasteiger partial charge in [0.2, 0.25) is 6.29 Å². The topological polar surface area (TPSA) is 486 Å². The first-order valence-electron chi connectivity index (χ1n) is 34.6. The van der Waals surface area contributed by atoms with E-state index in [1.165, 1.54) is 34.0 Å². The average Bonchev–Trinajstić information content (AvgIpc) is 0.669. The number of aliphatic hydroxyl groups is 15. The van der Waals surface area contributed by atoms with E-state index in [-0.39, 0.29) is 50.0 Å². The van der Waals surface area contributed by atoms with Gasteiger partial charge in [0.05, 0.1) is 62.7 Å². The fourth-order valence-corrected chi connectivity index (χ4v) is 19.0. The van der Waals surface area contributed by atoms with Gasteiger partial charge in [0.25, 0.3) is 0 Å². The molecule has 0 bridgehead atoms. The number of aliphatic carboxylic acids is 1. The van der Waals surface area contributed by atoms with Crippen LogP contribution in [0.2, 0.25) is 0 Å². The van der Waals surface area contributed by atoms with Crippen LogP contribution in [-0.2, 0) is 66.5 Å². The maximum atomic E-state index is 15.9. The minimum absolute atomic E-state index is 0.00740. The predicted molar refractivity (Wildman–Crippen MR) is 337 cm³/mol. The summed E-state index contributed by atoms with van der Waals surface area (Å²) in [5.74, 6) is -4.07. The largest absolute Gasteiger partial charge is 0.497 e. The highest BCUT2D eigenvalue weighted by Gasteiger charge is 2.74. The molecule has 0 radical (unpaired) electrons. The number of methoxy groups -OCH3 is 1. The molecule has 1 aromatic rings. The van der Waals surface area contributed by atoms with Gasteiger partial charge in [-0.2, -0.15) is 0 Å². The van der Waals surface area contributed by atoms with Gasteiger partial charge >= 0.3 is 17.9 Å². The van der Waals surface area contributed by atoms with E-state index in [2.05, 4.69) is 26.8 Å². The third-order valence-electron chi connectivity index (χ3n) is 24.9. The summed E-state index contributed by atoms with van der Waals surface area (Å²) in [6.07, 6.45) is -36.7. The van der Waals surface area contributed by atoms with Crippen molar-refractivity contribution >= 4 is 24.0 Å². The van der Waals surface area contributed by atoms with Crippen LogP contribution in [0.15, 0.2) is 42.0 Å². The third-order valence-corrected chi connectivity index (χ3v) is 24.9. The molecule has 31 heteroatoms. The third kappa shape index (κ3) is 13.3. The molecule has 564 valence electrons. The van der Waals surface area contributed by atoms with Crippen LogP contribution in [0.4, 0.5) is 0 Å². The van der Waals surface area contributed by atoms with Crippen molar-refractivity contribution in [2.45, 2.75) is 266 Å². The van der Waals surface area contributed by atoms with Crippen LogP contribution in [0, 0.1) is 50.2 Å². The summed E-state index contributed by atoms with van der Waals surface area (Å²) in [5.41, 5.74) is -4.89. The lowest BCUT2D eigenvalue weighted by atomic mass is 9.33. The van der Waals surface area contributed by atoms with Crippen molar-refractivity contribution in [2.75, 3.05) is 33.5 Å². The molecule has 0 aromatic heterocycles. The van der Waals surface area contributed by atoms with Crippen LogP contribution in [-0.4, -0.2) is 293 Å². The molecule has 5 saturated heterocycles. The number of fused-ring (bicyclic) bond motifs is 7. The summed E-state index contributed by atoms with van der Waals surface area (Å²) in [7, 11) is 1.50. The van der Waals surface area contributed by atoms with Crippen LogP contribution in [0.5, 0.6) is 5.75 Å². The Labute approximate surface area is 578 Å². The Bertz CT molecular complexity index is 3100. The number of rotatable bonds is 18. The van der Waals surface area contributed by atoms with Gasteiger partial charge in [-0.15, -0.1) is 0 Å². The maximum Gasteiger partial charge on any atom is 0.331 e. The monoisotopic (exact) mass is 1430 g/mol. The van der Waals surface area contributed by atoms with Gasteiger partial charge in [-0.05, 0) is 136 Å². The van der Waals surface area contributed by atoms with Gasteiger partial charge < -0.3 is 139 Å². The second-order valence-corrected chi connectivity index (χ2v) is 31.0. The van der Waals surface area contributed by atoms with E-state index in [1.807, 2.05) is 6.92 Å². The first kappa shape index (κ1) is 77.1. The van der Waals surface area contributed by atoms with Crippen LogP contribution >= 0.6 is 0 Å². The lowest BCUT2D eigenvalue weighted by Gasteiger charge is -2.71. The number of carboxylic acid groups (broad SMARTS) is 1. The van der Waals surface area contributed by atoms with Crippen molar-refractivity contribution in [2.24, 2.45) is 50.2 Å². The van der Waals surface area contributed by atoms with Gasteiger partial charge in [0.15, 0.2) is 37.4 Å². The van der Waals surface area contributed by atoms with E-state index < -0.39 is 236 Å². The van der Waals surface area contributed by atoms with Gasteiger partial charge in [-0.25, -0.2) is 4.79 Å².